The van der Waals surface area contributed by atoms with Crippen molar-refractivity contribution >= 4 is 120 Å². The number of hydrogen-bond acceptors (Lipinski definition) is 28. The van der Waals surface area contributed by atoms with Gasteiger partial charge in [0.05, 0.1) is 100 Å². The van der Waals surface area contributed by atoms with Gasteiger partial charge in [-0.2, -0.15) is 15.0 Å². The molecular weight excluding hydrogens is 1690 g/mol. The number of piperidine rings is 2. The molecule has 638 valence electrons. The van der Waals surface area contributed by atoms with E-state index in [2.05, 4.69) is 91.3 Å². The fourth-order valence-electron chi connectivity index (χ4n) is 15.0. The van der Waals surface area contributed by atoms with Crippen LogP contribution in [0.15, 0.2) is 202 Å². The monoisotopic (exact) mass is 1780 g/mol. The number of aromatic nitrogens is 13. The van der Waals surface area contributed by atoms with Crippen LogP contribution in [0.5, 0.6) is 11.5 Å². The van der Waals surface area contributed by atoms with Gasteiger partial charge in [-0.25, -0.2) is 45.7 Å². The average molecular weight is 1780 g/mol. The Morgan fingerprint density at radius 1 is 0.656 bits per heavy atom. The van der Waals surface area contributed by atoms with E-state index in [1.165, 1.54) is 51.4 Å². The van der Waals surface area contributed by atoms with Crippen molar-refractivity contribution in [3.05, 3.63) is 228 Å². The van der Waals surface area contributed by atoms with E-state index in [9.17, 15) is 35.4 Å². The molecule has 122 heavy (non-hydrogen) atoms. The number of morpholine rings is 1. The maximum absolute atomic E-state index is 14.1. The number of aryl methyl sites for hydroxylation is 1. The molecule has 0 bridgehead atoms. The van der Waals surface area contributed by atoms with Crippen molar-refractivity contribution < 1.29 is 48.8 Å². The lowest BCUT2D eigenvalue weighted by molar-refractivity contribution is -0.0208. The molecule has 3 atom stereocenters. The number of halogens is 1. The van der Waals surface area contributed by atoms with Crippen LogP contribution in [-0.2, 0) is 66.8 Å². The number of allylic oxidation sites excluding steroid dienone is 2. The number of fused-ring (bicyclic) bond motifs is 3. The predicted octanol–water partition coefficient (Wildman–Crippen LogP) is 11.3. The van der Waals surface area contributed by atoms with E-state index in [0.717, 1.165) is 134 Å². The van der Waals surface area contributed by atoms with Gasteiger partial charge in [-0.1, -0.05) is 17.7 Å². The van der Waals surface area contributed by atoms with Crippen LogP contribution in [0.2, 0.25) is 0 Å². The molecule has 5 N–H and O–H groups in total. The number of furan rings is 2. The van der Waals surface area contributed by atoms with E-state index in [1.807, 2.05) is 78.9 Å². The number of ether oxygens (including phenoxy) is 4. The molecule has 13 heterocycles. The predicted molar refractivity (Wildman–Crippen MR) is 469 cm³/mol. The second-order valence-corrected chi connectivity index (χ2v) is 37.0. The van der Waals surface area contributed by atoms with E-state index in [-0.39, 0.29) is 78.0 Å². The van der Waals surface area contributed by atoms with Crippen molar-refractivity contribution in [1.29, 1.82) is 0 Å². The Balaban J connectivity index is 0.000000143. The molecular formula is C85H94BrN19O14S3. The fraction of sp³-hybridized carbons (Fsp3) is 0.353. The summed E-state index contributed by atoms with van der Waals surface area (Å²) in [5, 5.41) is 17.4. The summed E-state index contributed by atoms with van der Waals surface area (Å²) in [5.41, 5.74) is 7.56. The molecule has 10 aromatic heterocycles. The first-order valence-electron chi connectivity index (χ1n) is 40.0. The second-order valence-electron chi connectivity index (χ2n) is 30.5. The van der Waals surface area contributed by atoms with E-state index in [1.54, 1.807) is 87.0 Å². The quantitative estimate of drug-likeness (QED) is 0.0336. The minimum atomic E-state index is -3.75. The van der Waals surface area contributed by atoms with Crippen LogP contribution >= 0.6 is 15.9 Å². The lowest BCUT2D eigenvalue weighted by atomic mass is 10.0. The Bertz CT molecular complexity index is 6440. The molecule has 3 saturated heterocycles. The Labute approximate surface area is 714 Å². The standard InChI is InChI=1S/C31H37N7O5S.C30H33N7O5S.C24H24BrN5O4S/c1-21-4-3-5-27(21)28-16-22-17-34-31(35-23-6-8-25(9-7-23)43-26-10-12-32-13-11-26)36-29(22)37(30(28)39)19-24-18-33-20-38(24)44(40,41)15-14-42-2;1-19(2)43(39,40)29-20(10-14-41-29)18-37-26-21(15-25(28(37)38)27-32-12-13-36(27)3)16-33-30(35-26)34-22-6-8-23(9-7-22)42-24-5-4-11-31-17-24;1-29-8-10-34-19(13-29)15-3-5-17(6-4-15)27-24-26-12-16-11-18(25)23(31)30(22(16)28-24)14-20-21(35(2)32)7-9-33-20/h6-9,16-18,20,26,32H,3-5,10-15,19H2,1-2H3,(H,34,35,36);6-10,12-16,19,24,31H,4-5,11,17-18H2,1-3H3,(H,33,34,35);3-7,9,11-12,19H,8,10,13-14H2,1-2H3,(H,26,27,28). The van der Waals surface area contributed by atoms with Gasteiger partial charge in [-0.05, 0) is 210 Å². The van der Waals surface area contributed by atoms with Gasteiger partial charge in [0, 0.05) is 115 Å². The van der Waals surface area contributed by atoms with E-state index in [4.69, 9.17) is 37.7 Å². The van der Waals surface area contributed by atoms with Crippen LogP contribution in [0.4, 0.5) is 34.9 Å². The van der Waals surface area contributed by atoms with Gasteiger partial charge in [0.25, 0.3) is 16.7 Å². The Morgan fingerprint density at radius 3 is 1.82 bits per heavy atom. The summed E-state index contributed by atoms with van der Waals surface area (Å²) >= 11 is 3.33. The maximum atomic E-state index is 14.1. The zero-order chi connectivity index (χ0) is 85.3. The number of nitrogens with one attached hydrogen (secondary N) is 5. The van der Waals surface area contributed by atoms with Crippen LogP contribution in [0.1, 0.15) is 100.0 Å². The number of anilines is 6. The first kappa shape index (κ1) is 85.6. The highest BCUT2D eigenvalue weighted by Gasteiger charge is 2.30. The topological polar surface area (TPSA) is 391 Å². The number of benzene rings is 3. The normalized spacial score (nSPS) is 16.4. The van der Waals surface area contributed by atoms with Gasteiger partial charge in [-0.15, -0.1) is 0 Å². The van der Waals surface area contributed by atoms with Gasteiger partial charge in [-0.3, -0.25) is 32.3 Å². The lowest BCUT2D eigenvalue weighted by Crippen LogP contribution is -2.37. The summed E-state index contributed by atoms with van der Waals surface area (Å²) in [4.78, 5) is 79.8. The largest absolute Gasteiger partial charge is 0.490 e. The zero-order valence-corrected chi connectivity index (χ0v) is 72.4. The molecule has 37 heteroatoms. The molecule has 0 amide bonds. The third kappa shape index (κ3) is 19.7. The smallest absolute Gasteiger partial charge is 0.266 e. The van der Waals surface area contributed by atoms with Crippen molar-refractivity contribution in [2.24, 2.45) is 7.05 Å². The molecule has 13 aromatic rings. The number of methoxy groups -OCH3 is 1. The first-order chi connectivity index (χ1) is 58.9. The highest BCUT2D eigenvalue weighted by molar-refractivity contribution is 9.10. The number of likely N-dealkylation sites (N-methyl/N-ethyl adjacent to an activating group) is 1. The van der Waals surface area contributed by atoms with Crippen LogP contribution in [0.25, 0.3) is 50.1 Å². The summed E-state index contributed by atoms with van der Waals surface area (Å²) in [6.45, 7) is 11.5. The highest BCUT2D eigenvalue weighted by atomic mass is 79.9. The summed E-state index contributed by atoms with van der Waals surface area (Å²) in [6.07, 6.45) is 22.6. The molecule has 0 spiro atoms. The van der Waals surface area contributed by atoms with Crippen LogP contribution in [0, 0.1) is 0 Å². The molecule has 3 aliphatic heterocycles. The number of pyridine rings is 3. The van der Waals surface area contributed by atoms with Crippen LogP contribution < -0.4 is 52.7 Å². The highest BCUT2D eigenvalue weighted by Crippen LogP contribution is 2.35. The van der Waals surface area contributed by atoms with E-state index < -0.39 is 35.9 Å². The number of hydrogen-bond donors (Lipinski definition) is 5. The van der Waals surface area contributed by atoms with E-state index >= 15 is 0 Å². The number of imidazole rings is 2. The molecule has 17 rings (SSSR count). The fourth-order valence-corrected chi connectivity index (χ4v) is 18.5. The van der Waals surface area contributed by atoms with E-state index in [0.29, 0.717) is 88.3 Å². The third-order valence-electron chi connectivity index (χ3n) is 21.6. The summed E-state index contributed by atoms with van der Waals surface area (Å²) in [6, 6.07) is 31.6. The molecule has 3 unspecified atom stereocenters. The third-order valence-corrected chi connectivity index (χ3v) is 26.8. The van der Waals surface area contributed by atoms with Crippen molar-refractivity contribution in [2.75, 3.05) is 94.6 Å². The summed E-state index contributed by atoms with van der Waals surface area (Å²) in [5.74, 6) is 3.22. The minimum Gasteiger partial charge on any atom is -0.490 e. The molecule has 3 fully saturated rings. The van der Waals surface area contributed by atoms with Gasteiger partial charge in [0.15, 0.2) is 0 Å². The van der Waals surface area contributed by atoms with Gasteiger partial charge in [0.2, 0.25) is 42.8 Å². The van der Waals surface area contributed by atoms with Crippen molar-refractivity contribution in [1.82, 2.24) is 77.6 Å². The van der Waals surface area contributed by atoms with Gasteiger partial charge < -0.3 is 63.8 Å². The molecule has 3 aromatic carbocycles. The van der Waals surface area contributed by atoms with Crippen LogP contribution in [0.3, 0.4) is 0 Å². The van der Waals surface area contributed by atoms with Gasteiger partial charge >= 0.3 is 0 Å². The maximum Gasteiger partial charge on any atom is 0.266 e. The minimum absolute atomic E-state index is 0.0408. The average Bonchev–Trinajstić information content (AvgIpc) is 1.30. The van der Waals surface area contributed by atoms with Crippen molar-refractivity contribution in [3.63, 3.8) is 0 Å². The van der Waals surface area contributed by atoms with Crippen molar-refractivity contribution in [2.45, 2.75) is 119 Å². The number of sulfone groups is 1. The second kappa shape index (κ2) is 37.9. The zero-order valence-electron chi connectivity index (χ0n) is 68.3. The summed E-state index contributed by atoms with van der Waals surface area (Å²) < 4.78 is 106. The Hall–Kier alpha value is -11.4. The van der Waals surface area contributed by atoms with Crippen LogP contribution in [-0.4, -0.2) is 184 Å². The molecule has 0 saturated carbocycles. The van der Waals surface area contributed by atoms with Gasteiger partial charge in [0.1, 0.15) is 58.6 Å². The lowest BCUT2D eigenvalue weighted by Gasteiger charge is -2.30. The first-order valence-corrected chi connectivity index (χ1v) is 45.6. The Morgan fingerprint density at radius 2 is 1.25 bits per heavy atom. The van der Waals surface area contributed by atoms with Crippen molar-refractivity contribution in [3.8, 4) is 22.9 Å². The number of rotatable bonds is 26. The molecule has 33 nitrogen and oxygen atoms in total. The molecule has 1 aliphatic carbocycles. The number of nitrogens with zero attached hydrogens (tertiary/aromatic N) is 14. The molecule has 4 aliphatic rings. The Kier molecular flexibility index (Phi) is 26.6. The summed E-state index contributed by atoms with van der Waals surface area (Å²) in [7, 11) is -3.38. The molecule has 0 radical (unpaired) electrons. The SMILES string of the molecule is CC(C)S(=O)(=O)c1occc1Cn1c(=O)c(-c2nccn2C)cc2cnc(Nc3ccc(OC4CCCNC4)cc3)nc21.CN1CCOC(c2ccc(Nc3ncc4cc(Br)c(=O)n(Cc5occc5S(C)=O)c4n3)cc2)C1.COCCS(=O)(=O)n1cncc1Cn1c(=O)c(C2=C(C)CCC2)cc2cnc(Nc3ccc(OC4CCNCC4)cc3)nc21.